The molecule has 0 bridgehead atoms. The van der Waals surface area contributed by atoms with Crippen molar-refractivity contribution in [3.63, 3.8) is 0 Å². The van der Waals surface area contributed by atoms with Crippen molar-refractivity contribution in [3.8, 4) is 5.75 Å². The quantitative estimate of drug-likeness (QED) is 0.722. The summed E-state index contributed by atoms with van der Waals surface area (Å²) in [5.41, 5.74) is 5.85. The van der Waals surface area contributed by atoms with E-state index in [1.807, 2.05) is 0 Å². The topological polar surface area (TPSA) is 89.6 Å². The minimum Gasteiger partial charge on any atom is -0.497 e. The summed E-state index contributed by atoms with van der Waals surface area (Å²) >= 11 is 0. The molecule has 17 heavy (non-hydrogen) atoms. The zero-order valence-electron chi connectivity index (χ0n) is 9.55. The van der Waals surface area contributed by atoms with Crippen LogP contribution in [0, 0.1) is 0 Å². The fourth-order valence-corrected chi connectivity index (χ4v) is 1.33. The number of Topliss-reactive ketones (excluding diaryl/α,β-unsaturated/α-hetero) is 1. The normalized spacial score (nSPS) is 11.9. The van der Waals surface area contributed by atoms with Crippen molar-refractivity contribution in [2.45, 2.75) is 18.9 Å². The van der Waals surface area contributed by atoms with Gasteiger partial charge in [-0.15, -0.1) is 0 Å². The highest BCUT2D eigenvalue weighted by Crippen LogP contribution is 2.13. The molecule has 1 rings (SSSR count). The maximum absolute atomic E-state index is 11.7. The lowest BCUT2D eigenvalue weighted by atomic mass is 10.0. The Kier molecular flexibility index (Phi) is 4.66. The van der Waals surface area contributed by atoms with Crippen LogP contribution in [0.5, 0.6) is 5.75 Å². The van der Waals surface area contributed by atoms with Gasteiger partial charge in [0.05, 0.1) is 7.11 Å². The molecule has 1 aromatic carbocycles. The van der Waals surface area contributed by atoms with E-state index in [1.165, 1.54) is 0 Å². The Morgan fingerprint density at radius 3 is 2.41 bits per heavy atom. The zero-order valence-corrected chi connectivity index (χ0v) is 9.55. The number of aliphatic carboxylic acids is 1. The average Bonchev–Trinajstić information content (AvgIpc) is 2.35. The Morgan fingerprint density at radius 2 is 1.94 bits per heavy atom. The second-order valence-electron chi connectivity index (χ2n) is 3.64. The average molecular weight is 237 g/mol. The molecule has 0 unspecified atom stereocenters. The summed E-state index contributed by atoms with van der Waals surface area (Å²) in [6.07, 6.45) is 0.264. The summed E-state index contributed by atoms with van der Waals surface area (Å²) in [5, 5.41) is 8.58. The first-order chi connectivity index (χ1) is 8.04. The standard InChI is InChI=1S/C12H15NO4/c1-17-9-4-2-8(3-5-9)11(14)7-6-10(13)12(15)16/h2-5,10H,6-7,13H2,1H3,(H,15,16)/t10-/m1/s1. The molecule has 0 radical (unpaired) electrons. The molecule has 0 saturated carbocycles. The van der Waals surface area contributed by atoms with E-state index in [0.717, 1.165) is 0 Å². The number of benzene rings is 1. The van der Waals surface area contributed by atoms with Gasteiger partial charge in [-0.3, -0.25) is 9.59 Å². The van der Waals surface area contributed by atoms with E-state index in [2.05, 4.69) is 0 Å². The number of rotatable bonds is 6. The smallest absolute Gasteiger partial charge is 0.320 e. The van der Waals surface area contributed by atoms with Gasteiger partial charge in [-0.25, -0.2) is 0 Å². The Balaban J connectivity index is 2.55. The van der Waals surface area contributed by atoms with Gasteiger partial charge in [0, 0.05) is 12.0 Å². The number of carboxylic acid groups (broad SMARTS) is 1. The van der Waals surface area contributed by atoms with E-state index in [-0.39, 0.29) is 18.6 Å². The van der Waals surface area contributed by atoms with Crippen LogP contribution in [0.1, 0.15) is 23.2 Å². The molecule has 3 N–H and O–H groups in total. The summed E-state index contributed by atoms with van der Waals surface area (Å²) < 4.78 is 4.97. The van der Waals surface area contributed by atoms with Gasteiger partial charge in [0.25, 0.3) is 0 Å². The number of carbonyl (C=O) groups excluding carboxylic acids is 1. The van der Waals surface area contributed by atoms with Gasteiger partial charge in [-0.1, -0.05) is 0 Å². The second kappa shape index (κ2) is 6.00. The Morgan fingerprint density at radius 1 is 1.35 bits per heavy atom. The number of nitrogens with two attached hydrogens (primary N) is 1. The van der Waals surface area contributed by atoms with Crippen molar-refractivity contribution in [1.82, 2.24) is 0 Å². The van der Waals surface area contributed by atoms with Crippen LogP contribution in [0.15, 0.2) is 24.3 Å². The van der Waals surface area contributed by atoms with Crippen LogP contribution in [-0.4, -0.2) is 30.0 Å². The SMILES string of the molecule is COc1ccc(C(=O)CC[C@@H](N)C(=O)O)cc1. The first-order valence-electron chi connectivity index (χ1n) is 5.20. The molecule has 0 amide bonds. The molecular weight excluding hydrogens is 222 g/mol. The molecule has 0 aliphatic rings. The van der Waals surface area contributed by atoms with Crippen molar-refractivity contribution in [3.05, 3.63) is 29.8 Å². The molecule has 1 atom stereocenters. The largest absolute Gasteiger partial charge is 0.497 e. The van der Waals surface area contributed by atoms with Crippen LogP contribution in [-0.2, 0) is 4.79 Å². The highest BCUT2D eigenvalue weighted by Gasteiger charge is 2.14. The van der Waals surface area contributed by atoms with Gasteiger partial charge >= 0.3 is 5.97 Å². The van der Waals surface area contributed by atoms with E-state index in [4.69, 9.17) is 15.6 Å². The van der Waals surface area contributed by atoms with Gasteiger partial charge in [0.1, 0.15) is 11.8 Å². The number of carbonyl (C=O) groups is 2. The van der Waals surface area contributed by atoms with Crippen molar-refractivity contribution in [1.29, 1.82) is 0 Å². The summed E-state index contributed by atoms with van der Waals surface area (Å²) in [5.74, 6) is -0.541. The number of hydrogen-bond donors (Lipinski definition) is 2. The number of ketones is 1. The number of hydrogen-bond acceptors (Lipinski definition) is 4. The fraction of sp³-hybridized carbons (Fsp3) is 0.333. The van der Waals surface area contributed by atoms with Gasteiger partial charge < -0.3 is 15.6 Å². The monoisotopic (exact) mass is 237 g/mol. The van der Waals surface area contributed by atoms with Crippen LogP contribution in [0.25, 0.3) is 0 Å². The van der Waals surface area contributed by atoms with Crippen LogP contribution in [0.4, 0.5) is 0 Å². The molecule has 92 valence electrons. The van der Waals surface area contributed by atoms with E-state index in [9.17, 15) is 9.59 Å². The van der Waals surface area contributed by atoms with Crippen molar-refractivity contribution >= 4 is 11.8 Å². The first-order valence-corrected chi connectivity index (χ1v) is 5.20. The van der Waals surface area contributed by atoms with Crippen molar-refractivity contribution < 1.29 is 19.4 Å². The van der Waals surface area contributed by atoms with Crippen LogP contribution in [0.2, 0.25) is 0 Å². The Hall–Kier alpha value is -1.88. The number of carboxylic acids is 1. The lowest BCUT2D eigenvalue weighted by Crippen LogP contribution is -2.30. The van der Waals surface area contributed by atoms with Gasteiger partial charge in [0.2, 0.25) is 0 Å². The molecule has 1 aromatic rings. The predicted molar refractivity (Wildman–Crippen MR) is 62.2 cm³/mol. The van der Waals surface area contributed by atoms with Crippen LogP contribution >= 0.6 is 0 Å². The van der Waals surface area contributed by atoms with Crippen LogP contribution < -0.4 is 10.5 Å². The molecule has 5 heteroatoms. The molecular formula is C12H15NO4. The molecule has 0 aliphatic carbocycles. The molecule has 0 fully saturated rings. The third kappa shape index (κ3) is 3.88. The van der Waals surface area contributed by atoms with E-state index >= 15 is 0 Å². The lowest BCUT2D eigenvalue weighted by Gasteiger charge is -2.06. The van der Waals surface area contributed by atoms with Crippen LogP contribution in [0.3, 0.4) is 0 Å². The number of methoxy groups -OCH3 is 1. The van der Waals surface area contributed by atoms with E-state index < -0.39 is 12.0 Å². The van der Waals surface area contributed by atoms with Crippen molar-refractivity contribution in [2.75, 3.05) is 7.11 Å². The first kappa shape index (κ1) is 13.2. The molecule has 5 nitrogen and oxygen atoms in total. The maximum atomic E-state index is 11.7. The summed E-state index contributed by atoms with van der Waals surface area (Å²) in [6, 6.07) is 5.67. The summed E-state index contributed by atoms with van der Waals surface area (Å²) in [7, 11) is 1.54. The van der Waals surface area contributed by atoms with Gasteiger partial charge in [-0.2, -0.15) is 0 Å². The third-order valence-electron chi connectivity index (χ3n) is 2.41. The molecule has 0 spiro atoms. The lowest BCUT2D eigenvalue weighted by molar-refractivity contribution is -0.138. The third-order valence-corrected chi connectivity index (χ3v) is 2.41. The van der Waals surface area contributed by atoms with Gasteiger partial charge in [0.15, 0.2) is 5.78 Å². The summed E-state index contributed by atoms with van der Waals surface area (Å²) in [6.45, 7) is 0. The second-order valence-corrected chi connectivity index (χ2v) is 3.64. The predicted octanol–water partition coefficient (Wildman–Crippen LogP) is 1.07. The minimum atomic E-state index is -1.09. The maximum Gasteiger partial charge on any atom is 0.320 e. The minimum absolute atomic E-state index is 0.121. The molecule has 0 aromatic heterocycles. The number of ether oxygens (including phenoxy) is 1. The zero-order chi connectivity index (χ0) is 12.8. The highest BCUT2D eigenvalue weighted by atomic mass is 16.5. The van der Waals surface area contributed by atoms with E-state index in [1.54, 1.807) is 31.4 Å². The Labute approximate surface area is 99.2 Å². The molecule has 0 saturated heterocycles. The fourth-order valence-electron chi connectivity index (χ4n) is 1.33. The molecule has 0 aliphatic heterocycles. The Bertz CT molecular complexity index is 399. The van der Waals surface area contributed by atoms with E-state index in [0.29, 0.717) is 11.3 Å². The van der Waals surface area contributed by atoms with Crippen molar-refractivity contribution in [2.24, 2.45) is 5.73 Å². The highest BCUT2D eigenvalue weighted by molar-refractivity contribution is 5.96. The summed E-state index contributed by atoms with van der Waals surface area (Å²) in [4.78, 5) is 22.2. The molecule has 0 heterocycles. The van der Waals surface area contributed by atoms with Gasteiger partial charge in [-0.05, 0) is 30.7 Å².